The van der Waals surface area contributed by atoms with Crippen molar-refractivity contribution in [3.63, 3.8) is 0 Å². The van der Waals surface area contributed by atoms with Crippen molar-refractivity contribution in [3.05, 3.63) is 24.3 Å². The molecule has 2 rings (SSSR count). The Hall–Kier alpha value is -2.24. The molecule has 1 atom stereocenters. The van der Waals surface area contributed by atoms with Gasteiger partial charge in [0.05, 0.1) is 13.7 Å². The van der Waals surface area contributed by atoms with Gasteiger partial charge in [0.25, 0.3) is 0 Å². The molecule has 0 saturated carbocycles. The number of ether oxygens (including phenoxy) is 2. The van der Waals surface area contributed by atoms with Crippen molar-refractivity contribution in [1.29, 1.82) is 0 Å². The number of likely N-dealkylation sites (N-methyl/N-ethyl adjacent to an activating group) is 1. The van der Waals surface area contributed by atoms with Gasteiger partial charge in [-0.1, -0.05) is 0 Å². The number of nitrogens with one attached hydrogen (secondary N) is 1. The van der Waals surface area contributed by atoms with Crippen LogP contribution in [-0.2, 0) is 9.53 Å². The predicted molar refractivity (Wildman–Crippen MR) is 73.8 cm³/mol. The standard InChI is InChI=1S/C14H18N2O4/c1-16-9-12(20-14(16)18)7-8-13(17)15-10-3-5-11(19-2)6-4-10/h3-6,12H,7-9H2,1-2H3,(H,15,17). The van der Waals surface area contributed by atoms with Gasteiger partial charge in [-0.25, -0.2) is 4.79 Å². The summed E-state index contributed by atoms with van der Waals surface area (Å²) >= 11 is 0. The first-order valence-electron chi connectivity index (χ1n) is 6.44. The number of carbonyl (C=O) groups excluding carboxylic acids is 2. The summed E-state index contributed by atoms with van der Waals surface area (Å²) < 4.78 is 10.1. The van der Waals surface area contributed by atoms with Gasteiger partial charge in [-0.05, 0) is 30.7 Å². The molecular formula is C14H18N2O4. The van der Waals surface area contributed by atoms with E-state index in [1.807, 2.05) is 0 Å². The Morgan fingerprint density at radius 1 is 1.45 bits per heavy atom. The number of hydrogen-bond acceptors (Lipinski definition) is 4. The van der Waals surface area contributed by atoms with Crippen LogP contribution in [0.2, 0.25) is 0 Å². The van der Waals surface area contributed by atoms with Gasteiger partial charge in [-0.15, -0.1) is 0 Å². The number of rotatable bonds is 5. The first kappa shape index (κ1) is 14.2. The third-order valence-corrected chi connectivity index (χ3v) is 3.12. The number of anilines is 1. The Morgan fingerprint density at radius 2 is 2.15 bits per heavy atom. The SMILES string of the molecule is COc1ccc(NC(=O)CCC2CN(C)C(=O)O2)cc1. The molecule has 1 fully saturated rings. The van der Waals surface area contributed by atoms with E-state index in [9.17, 15) is 9.59 Å². The fraction of sp³-hybridized carbons (Fsp3) is 0.429. The number of carbonyl (C=O) groups is 2. The quantitative estimate of drug-likeness (QED) is 0.892. The molecule has 0 spiro atoms. The molecule has 1 aliphatic heterocycles. The lowest BCUT2D eigenvalue weighted by molar-refractivity contribution is -0.116. The third kappa shape index (κ3) is 3.63. The van der Waals surface area contributed by atoms with Crippen molar-refractivity contribution >= 4 is 17.7 Å². The number of benzene rings is 1. The van der Waals surface area contributed by atoms with Gasteiger partial charge in [0, 0.05) is 19.2 Å². The van der Waals surface area contributed by atoms with E-state index < -0.39 is 0 Å². The summed E-state index contributed by atoms with van der Waals surface area (Å²) in [6, 6.07) is 7.12. The summed E-state index contributed by atoms with van der Waals surface area (Å²) in [5.74, 6) is 0.643. The van der Waals surface area contributed by atoms with Crippen molar-refractivity contribution in [3.8, 4) is 5.75 Å². The molecule has 108 valence electrons. The minimum Gasteiger partial charge on any atom is -0.497 e. The lowest BCUT2D eigenvalue weighted by atomic mass is 10.2. The topological polar surface area (TPSA) is 67.9 Å². The zero-order valence-electron chi connectivity index (χ0n) is 11.6. The van der Waals surface area contributed by atoms with Crippen LogP contribution in [0.1, 0.15) is 12.8 Å². The molecule has 2 amide bonds. The maximum Gasteiger partial charge on any atom is 0.409 e. The van der Waals surface area contributed by atoms with E-state index in [1.54, 1.807) is 38.4 Å². The summed E-state index contributed by atoms with van der Waals surface area (Å²) in [5.41, 5.74) is 0.719. The van der Waals surface area contributed by atoms with Gasteiger partial charge < -0.3 is 19.7 Å². The van der Waals surface area contributed by atoms with Crippen LogP contribution < -0.4 is 10.1 Å². The van der Waals surface area contributed by atoms with Crippen LogP contribution in [-0.4, -0.2) is 43.7 Å². The molecular weight excluding hydrogens is 260 g/mol. The molecule has 0 bridgehead atoms. The highest BCUT2D eigenvalue weighted by molar-refractivity contribution is 5.90. The second kappa shape index (κ2) is 6.27. The minimum absolute atomic E-state index is 0.0965. The van der Waals surface area contributed by atoms with E-state index in [0.29, 0.717) is 19.4 Å². The zero-order valence-corrected chi connectivity index (χ0v) is 11.6. The monoisotopic (exact) mass is 278 g/mol. The third-order valence-electron chi connectivity index (χ3n) is 3.12. The zero-order chi connectivity index (χ0) is 14.5. The van der Waals surface area contributed by atoms with E-state index in [4.69, 9.17) is 9.47 Å². The lowest BCUT2D eigenvalue weighted by Crippen LogP contribution is -2.20. The Labute approximate surface area is 117 Å². The molecule has 1 aromatic carbocycles. The highest BCUT2D eigenvalue weighted by Gasteiger charge is 2.28. The van der Waals surface area contributed by atoms with E-state index in [1.165, 1.54) is 4.90 Å². The highest BCUT2D eigenvalue weighted by atomic mass is 16.6. The van der Waals surface area contributed by atoms with Crippen molar-refractivity contribution in [2.45, 2.75) is 18.9 Å². The summed E-state index contributed by atoms with van der Waals surface area (Å²) in [7, 11) is 3.27. The normalized spacial score (nSPS) is 17.8. The second-order valence-electron chi connectivity index (χ2n) is 4.70. The fourth-order valence-corrected chi connectivity index (χ4v) is 1.99. The van der Waals surface area contributed by atoms with E-state index in [0.717, 1.165) is 11.4 Å². The largest absolute Gasteiger partial charge is 0.497 e. The average molecular weight is 278 g/mol. The molecule has 1 aromatic rings. The summed E-state index contributed by atoms with van der Waals surface area (Å²) in [6.45, 7) is 0.536. The first-order valence-corrected chi connectivity index (χ1v) is 6.44. The molecule has 20 heavy (non-hydrogen) atoms. The smallest absolute Gasteiger partial charge is 0.409 e. The van der Waals surface area contributed by atoms with Crippen molar-refractivity contribution in [1.82, 2.24) is 4.90 Å². The first-order chi connectivity index (χ1) is 9.58. The molecule has 6 nitrogen and oxygen atoms in total. The van der Waals surface area contributed by atoms with E-state index >= 15 is 0 Å². The van der Waals surface area contributed by atoms with Crippen molar-refractivity contribution in [2.75, 3.05) is 26.0 Å². The van der Waals surface area contributed by atoms with Gasteiger partial charge in [-0.3, -0.25) is 4.79 Å². The number of amides is 2. The molecule has 0 aromatic heterocycles. The minimum atomic E-state index is -0.328. The van der Waals surface area contributed by atoms with Gasteiger partial charge in [-0.2, -0.15) is 0 Å². The summed E-state index contributed by atoms with van der Waals surface area (Å²) in [6.07, 6.45) is 0.315. The van der Waals surface area contributed by atoms with Gasteiger partial charge in [0.15, 0.2) is 0 Å². The number of hydrogen-bond donors (Lipinski definition) is 1. The molecule has 1 N–H and O–H groups in total. The Balaban J connectivity index is 1.76. The van der Waals surface area contributed by atoms with Crippen LogP contribution in [0.3, 0.4) is 0 Å². The van der Waals surface area contributed by atoms with Crippen molar-refractivity contribution < 1.29 is 19.1 Å². The number of methoxy groups -OCH3 is 1. The maximum absolute atomic E-state index is 11.8. The molecule has 1 unspecified atom stereocenters. The lowest BCUT2D eigenvalue weighted by Gasteiger charge is -2.09. The Morgan fingerprint density at radius 3 is 2.70 bits per heavy atom. The molecule has 1 aliphatic rings. The molecule has 6 heteroatoms. The predicted octanol–water partition coefficient (Wildman–Crippen LogP) is 1.86. The fourth-order valence-electron chi connectivity index (χ4n) is 1.99. The molecule has 1 saturated heterocycles. The molecule has 0 radical (unpaired) electrons. The number of nitrogens with zero attached hydrogens (tertiary/aromatic N) is 1. The van der Waals surface area contributed by atoms with Gasteiger partial charge in [0.1, 0.15) is 11.9 Å². The van der Waals surface area contributed by atoms with Crippen LogP contribution in [0, 0.1) is 0 Å². The summed E-state index contributed by atoms with van der Waals surface area (Å²) in [4.78, 5) is 24.5. The van der Waals surface area contributed by atoms with Crippen LogP contribution in [0.15, 0.2) is 24.3 Å². The number of cyclic esters (lactones) is 1. The average Bonchev–Trinajstić information content (AvgIpc) is 2.76. The van der Waals surface area contributed by atoms with Crippen molar-refractivity contribution in [2.24, 2.45) is 0 Å². The van der Waals surface area contributed by atoms with Crippen LogP contribution in [0.5, 0.6) is 5.75 Å². The van der Waals surface area contributed by atoms with Gasteiger partial charge >= 0.3 is 6.09 Å². The summed E-state index contributed by atoms with van der Waals surface area (Å²) in [5, 5.41) is 2.79. The van der Waals surface area contributed by atoms with Gasteiger partial charge in [0.2, 0.25) is 5.91 Å². The van der Waals surface area contributed by atoms with Crippen LogP contribution in [0.4, 0.5) is 10.5 Å². The Kier molecular flexibility index (Phi) is 4.45. The maximum atomic E-state index is 11.8. The molecule has 0 aliphatic carbocycles. The Bertz CT molecular complexity index is 486. The van der Waals surface area contributed by atoms with Crippen LogP contribution in [0.25, 0.3) is 0 Å². The van der Waals surface area contributed by atoms with E-state index in [-0.39, 0.29) is 18.1 Å². The van der Waals surface area contributed by atoms with E-state index in [2.05, 4.69) is 5.32 Å². The highest BCUT2D eigenvalue weighted by Crippen LogP contribution is 2.17. The van der Waals surface area contributed by atoms with Crippen LogP contribution >= 0.6 is 0 Å². The molecule has 1 heterocycles. The second-order valence-corrected chi connectivity index (χ2v) is 4.70.